The zero-order valence-corrected chi connectivity index (χ0v) is 16.0. The lowest BCUT2D eigenvalue weighted by atomic mass is 10.1. The first-order valence-corrected chi connectivity index (χ1v) is 9.22. The molecule has 1 fully saturated rings. The van der Waals surface area contributed by atoms with E-state index in [1.54, 1.807) is 0 Å². The van der Waals surface area contributed by atoms with Gasteiger partial charge in [-0.1, -0.05) is 12.1 Å². The lowest BCUT2D eigenvalue weighted by molar-refractivity contribution is -0.117. The molecule has 0 spiro atoms. The van der Waals surface area contributed by atoms with Crippen LogP contribution in [0, 0.1) is 20.8 Å². The fraction of sp³-hybridized carbons (Fsp3) is 0.429. The first-order chi connectivity index (χ1) is 12.5. The van der Waals surface area contributed by atoms with Crippen molar-refractivity contribution in [3.05, 3.63) is 58.9 Å². The van der Waals surface area contributed by atoms with E-state index in [1.807, 2.05) is 38.4 Å². The Bertz CT molecular complexity index is 766. The minimum Gasteiger partial charge on any atom is -0.325 e. The zero-order valence-electron chi connectivity index (χ0n) is 16.0. The van der Waals surface area contributed by atoms with Crippen LogP contribution >= 0.6 is 0 Å². The fourth-order valence-corrected chi connectivity index (χ4v) is 3.27. The van der Waals surface area contributed by atoms with Crippen LogP contribution in [0.4, 0.5) is 5.69 Å². The minimum absolute atomic E-state index is 0.0650. The van der Waals surface area contributed by atoms with Gasteiger partial charge in [0.1, 0.15) is 0 Å². The van der Waals surface area contributed by atoms with E-state index in [4.69, 9.17) is 0 Å². The number of anilines is 1. The number of hydrogen-bond donors (Lipinski definition) is 1. The molecule has 1 N–H and O–H groups in total. The number of carbonyl (C=O) groups is 1. The number of pyridine rings is 1. The molecule has 0 saturated carbocycles. The number of aromatic nitrogens is 1. The highest BCUT2D eigenvalue weighted by Gasteiger charge is 2.19. The largest absolute Gasteiger partial charge is 0.325 e. The Kier molecular flexibility index (Phi) is 6.01. The third kappa shape index (κ3) is 4.90. The summed E-state index contributed by atoms with van der Waals surface area (Å²) in [5.74, 6) is 0.0650. The number of benzene rings is 1. The summed E-state index contributed by atoms with van der Waals surface area (Å²) in [5, 5.41) is 3.05. The van der Waals surface area contributed by atoms with Crippen molar-refractivity contribution in [3.8, 4) is 0 Å². The Balaban J connectivity index is 1.47. The molecule has 1 amide bonds. The molecular formula is C21H28N4O. The number of amides is 1. The lowest BCUT2D eigenvalue weighted by Crippen LogP contribution is -2.48. The van der Waals surface area contributed by atoms with Gasteiger partial charge in [-0.05, 0) is 55.2 Å². The van der Waals surface area contributed by atoms with Crippen molar-refractivity contribution in [2.45, 2.75) is 27.3 Å². The molecule has 5 nitrogen and oxygen atoms in total. The molecule has 0 radical (unpaired) electrons. The Morgan fingerprint density at radius 2 is 1.77 bits per heavy atom. The van der Waals surface area contributed by atoms with Gasteiger partial charge in [-0.2, -0.15) is 0 Å². The molecule has 2 heterocycles. The molecule has 3 rings (SSSR count). The van der Waals surface area contributed by atoms with Gasteiger partial charge in [0.05, 0.1) is 6.54 Å². The summed E-state index contributed by atoms with van der Waals surface area (Å²) in [7, 11) is 0. The van der Waals surface area contributed by atoms with E-state index < -0.39 is 0 Å². The average molecular weight is 352 g/mol. The topological polar surface area (TPSA) is 48.5 Å². The highest BCUT2D eigenvalue weighted by Crippen LogP contribution is 2.16. The number of piperazine rings is 1. The highest BCUT2D eigenvalue weighted by atomic mass is 16.2. The molecule has 0 unspecified atom stereocenters. The van der Waals surface area contributed by atoms with E-state index in [0.717, 1.165) is 49.5 Å². The molecule has 1 aliphatic heterocycles. The maximum absolute atomic E-state index is 12.4. The first-order valence-electron chi connectivity index (χ1n) is 9.22. The van der Waals surface area contributed by atoms with E-state index in [9.17, 15) is 4.79 Å². The Morgan fingerprint density at radius 1 is 1.04 bits per heavy atom. The van der Waals surface area contributed by atoms with Crippen molar-refractivity contribution in [2.75, 3.05) is 38.0 Å². The molecular weight excluding hydrogens is 324 g/mol. The minimum atomic E-state index is 0.0650. The first kappa shape index (κ1) is 18.5. The second-order valence-corrected chi connectivity index (χ2v) is 7.22. The molecule has 1 aromatic heterocycles. The second kappa shape index (κ2) is 8.43. The lowest BCUT2D eigenvalue weighted by Gasteiger charge is -2.34. The summed E-state index contributed by atoms with van der Waals surface area (Å²) in [6, 6.07) is 8.20. The number of carbonyl (C=O) groups excluding carboxylic acids is 1. The van der Waals surface area contributed by atoms with Crippen LogP contribution in [-0.2, 0) is 11.3 Å². The summed E-state index contributed by atoms with van der Waals surface area (Å²) in [5.41, 5.74) is 5.75. The fourth-order valence-electron chi connectivity index (χ4n) is 3.27. The zero-order chi connectivity index (χ0) is 18.5. The Hall–Kier alpha value is -2.24. The van der Waals surface area contributed by atoms with Gasteiger partial charge in [0.25, 0.3) is 0 Å². The number of hydrogen-bond acceptors (Lipinski definition) is 4. The Labute approximate surface area is 156 Å². The molecule has 0 aliphatic carbocycles. The van der Waals surface area contributed by atoms with Crippen LogP contribution < -0.4 is 5.32 Å². The van der Waals surface area contributed by atoms with Gasteiger partial charge in [-0.15, -0.1) is 0 Å². The highest BCUT2D eigenvalue weighted by molar-refractivity contribution is 5.93. The van der Waals surface area contributed by atoms with Crippen molar-refractivity contribution in [1.29, 1.82) is 0 Å². The molecule has 5 heteroatoms. The van der Waals surface area contributed by atoms with Gasteiger partial charge < -0.3 is 5.32 Å². The third-order valence-corrected chi connectivity index (χ3v) is 5.04. The SMILES string of the molecule is Cc1ccc(C)c(NC(=O)CN2CCN(Cc3cnccc3C)CC2)c1. The number of nitrogens with one attached hydrogen (secondary N) is 1. The van der Waals surface area contributed by atoms with Crippen molar-refractivity contribution in [1.82, 2.24) is 14.8 Å². The molecule has 138 valence electrons. The molecule has 1 saturated heterocycles. The quantitative estimate of drug-likeness (QED) is 0.899. The predicted octanol–water partition coefficient (Wildman–Crippen LogP) is 2.76. The van der Waals surface area contributed by atoms with Crippen LogP contribution in [0.2, 0.25) is 0 Å². The van der Waals surface area contributed by atoms with E-state index in [-0.39, 0.29) is 5.91 Å². The molecule has 1 aliphatic rings. The maximum atomic E-state index is 12.4. The molecule has 26 heavy (non-hydrogen) atoms. The van der Waals surface area contributed by atoms with Crippen molar-refractivity contribution in [2.24, 2.45) is 0 Å². The maximum Gasteiger partial charge on any atom is 0.238 e. The summed E-state index contributed by atoms with van der Waals surface area (Å²) in [6.45, 7) is 11.4. The van der Waals surface area contributed by atoms with Gasteiger partial charge in [0.2, 0.25) is 5.91 Å². The van der Waals surface area contributed by atoms with Gasteiger partial charge in [-0.25, -0.2) is 0 Å². The predicted molar refractivity (Wildman–Crippen MR) is 105 cm³/mol. The molecule has 0 atom stereocenters. The summed E-state index contributed by atoms with van der Waals surface area (Å²) < 4.78 is 0. The number of nitrogens with zero attached hydrogens (tertiary/aromatic N) is 3. The van der Waals surface area contributed by atoms with Crippen molar-refractivity contribution < 1.29 is 4.79 Å². The average Bonchev–Trinajstić information content (AvgIpc) is 2.62. The Morgan fingerprint density at radius 3 is 2.50 bits per heavy atom. The van der Waals surface area contributed by atoms with E-state index in [2.05, 4.69) is 39.2 Å². The summed E-state index contributed by atoms with van der Waals surface area (Å²) in [4.78, 5) is 21.3. The van der Waals surface area contributed by atoms with Crippen LogP contribution in [0.15, 0.2) is 36.7 Å². The summed E-state index contributed by atoms with van der Waals surface area (Å²) in [6.07, 6.45) is 3.80. The molecule has 2 aromatic rings. The van der Waals surface area contributed by atoms with Crippen LogP contribution in [0.1, 0.15) is 22.3 Å². The van der Waals surface area contributed by atoms with Crippen molar-refractivity contribution >= 4 is 11.6 Å². The van der Waals surface area contributed by atoms with Crippen LogP contribution in [0.5, 0.6) is 0 Å². The van der Waals surface area contributed by atoms with E-state index >= 15 is 0 Å². The molecule has 0 bridgehead atoms. The van der Waals surface area contributed by atoms with E-state index in [0.29, 0.717) is 6.54 Å². The van der Waals surface area contributed by atoms with Gasteiger partial charge in [0, 0.05) is 50.8 Å². The monoisotopic (exact) mass is 352 g/mol. The third-order valence-electron chi connectivity index (χ3n) is 5.04. The van der Waals surface area contributed by atoms with Gasteiger partial charge in [0.15, 0.2) is 0 Å². The number of rotatable bonds is 5. The van der Waals surface area contributed by atoms with Crippen molar-refractivity contribution in [3.63, 3.8) is 0 Å². The number of aryl methyl sites for hydroxylation is 3. The van der Waals surface area contributed by atoms with Crippen LogP contribution in [-0.4, -0.2) is 53.4 Å². The summed E-state index contributed by atoms with van der Waals surface area (Å²) >= 11 is 0. The van der Waals surface area contributed by atoms with Crippen LogP contribution in [0.25, 0.3) is 0 Å². The smallest absolute Gasteiger partial charge is 0.238 e. The standard InChI is InChI=1S/C21H28N4O/c1-16-4-5-18(3)20(12-16)23-21(26)15-25-10-8-24(9-11-25)14-19-13-22-7-6-17(19)2/h4-7,12-13H,8-11,14-15H2,1-3H3,(H,23,26). The van der Waals surface area contributed by atoms with Crippen LogP contribution in [0.3, 0.4) is 0 Å². The van der Waals surface area contributed by atoms with Gasteiger partial charge in [-0.3, -0.25) is 19.6 Å². The molecule has 1 aromatic carbocycles. The normalized spacial score (nSPS) is 15.8. The second-order valence-electron chi connectivity index (χ2n) is 7.22. The van der Waals surface area contributed by atoms with Gasteiger partial charge >= 0.3 is 0 Å². The van der Waals surface area contributed by atoms with E-state index in [1.165, 1.54) is 11.1 Å².